The first-order chi connectivity index (χ1) is 17.0. The smallest absolute Gasteiger partial charge is 0.339 e. The van der Waals surface area contributed by atoms with Gasteiger partial charge in [0.2, 0.25) is 0 Å². The number of nitrogens with zero attached hydrogens (tertiary/aromatic N) is 1. The van der Waals surface area contributed by atoms with E-state index in [0.29, 0.717) is 24.7 Å². The monoisotopic (exact) mass is 467 g/mol. The molecule has 6 nitrogen and oxygen atoms in total. The van der Waals surface area contributed by atoms with Crippen LogP contribution in [0.4, 0.5) is 10.5 Å². The fourth-order valence-electron chi connectivity index (χ4n) is 3.75. The van der Waals surface area contributed by atoms with Crippen LogP contribution in [0.1, 0.15) is 29.2 Å². The molecule has 35 heavy (non-hydrogen) atoms. The van der Waals surface area contributed by atoms with Crippen molar-refractivity contribution in [2.75, 3.05) is 11.9 Å². The van der Waals surface area contributed by atoms with Crippen molar-refractivity contribution in [3.63, 3.8) is 0 Å². The number of nitrogens with one attached hydrogen (secondary N) is 2. The lowest BCUT2D eigenvalue weighted by Gasteiger charge is -2.13. The van der Waals surface area contributed by atoms with Crippen LogP contribution in [0.2, 0.25) is 0 Å². The van der Waals surface area contributed by atoms with Gasteiger partial charge in [0.15, 0.2) is 11.5 Å². The summed E-state index contributed by atoms with van der Waals surface area (Å²) < 4.78 is 11.8. The minimum atomic E-state index is -0.409. The molecule has 2 amide bonds. The van der Waals surface area contributed by atoms with Gasteiger partial charge in [-0.3, -0.25) is 0 Å². The molecule has 0 aliphatic rings. The number of benzene rings is 4. The predicted molar refractivity (Wildman–Crippen MR) is 142 cm³/mol. The minimum absolute atomic E-state index is 0.409. The minimum Gasteiger partial charge on any atom is -0.490 e. The molecule has 0 saturated carbocycles. The number of carbonyl (C=O) groups is 1. The number of carbonyl (C=O) groups excluding carboxylic acids is 1. The fourth-order valence-corrected chi connectivity index (χ4v) is 3.75. The van der Waals surface area contributed by atoms with Crippen molar-refractivity contribution in [1.29, 1.82) is 0 Å². The average Bonchev–Trinajstić information content (AvgIpc) is 2.85. The third-order valence-electron chi connectivity index (χ3n) is 5.49. The first-order valence-corrected chi connectivity index (χ1v) is 11.6. The zero-order chi connectivity index (χ0) is 24.6. The highest BCUT2D eigenvalue weighted by atomic mass is 16.5. The molecule has 0 spiro atoms. The molecule has 0 aromatic heterocycles. The van der Waals surface area contributed by atoms with Gasteiger partial charge in [0, 0.05) is 5.69 Å². The van der Waals surface area contributed by atoms with Crippen LogP contribution in [0.15, 0.2) is 84.0 Å². The van der Waals surface area contributed by atoms with Gasteiger partial charge in [0.25, 0.3) is 0 Å². The summed E-state index contributed by atoms with van der Waals surface area (Å²) in [6.45, 7) is 6.82. The molecule has 4 aromatic carbocycles. The highest BCUT2D eigenvalue weighted by molar-refractivity contribution is 5.91. The van der Waals surface area contributed by atoms with Gasteiger partial charge in [-0.05, 0) is 78.6 Å². The number of amides is 2. The topological polar surface area (TPSA) is 72.0 Å². The number of fused-ring (bicyclic) bond motifs is 1. The normalized spacial score (nSPS) is 10.9. The molecule has 2 N–H and O–H groups in total. The van der Waals surface area contributed by atoms with Gasteiger partial charge < -0.3 is 14.8 Å². The second-order valence-electron chi connectivity index (χ2n) is 8.25. The number of aryl methyl sites for hydroxylation is 2. The van der Waals surface area contributed by atoms with Crippen LogP contribution in [-0.2, 0) is 6.61 Å². The summed E-state index contributed by atoms with van der Waals surface area (Å²) in [5.74, 6) is 1.27. The fraction of sp³-hybridized carbons (Fsp3) is 0.172. The summed E-state index contributed by atoms with van der Waals surface area (Å²) in [6, 6.07) is 25.5. The molecule has 0 atom stereocenters. The molecule has 0 aliphatic heterocycles. The van der Waals surface area contributed by atoms with E-state index in [9.17, 15) is 4.79 Å². The van der Waals surface area contributed by atoms with Gasteiger partial charge in [-0.15, -0.1) is 0 Å². The van der Waals surface area contributed by atoms with E-state index in [-0.39, 0.29) is 0 Å². The molecular formula is C29H29N3O3. The Hall–Kier alpha value is -4.32. The van der Waals surface area contributed by atoms with Gasteiger partial charge >= 0.3 is 6.03 Å². The molecule has 0 unspecified atom stereocenters. The van der Waals surface area contributed by atoms with Crippen LogP contribution in [0.3, 0.4) is 0 Å². The van der Waals surface area contributed by atoms with Gasteiger partial charge in [-0.2, -0.15) is 5.10 Å². The zero-order valence-electron chi connectivity index (χ0n) is 20.2. The quantitative estimate of drug-likeness (QED) is 0.227. The Morgan fingerprint density at radius 3 is 2.51 bits per heavy atom. The van der Waals surface area contributed by atoms with Crippen molar-refractivity contribution < 1.29 is 14.3 Å². The highest BCUT2D eigenvalue weighted by Gasteiger charge is 2.08. The summed E-state index contributed by atoms with van der Waals surface area (Å²) in [5.41, 5.74) is 7.23. The second-order valence-corrected chi connectivity index (χ2v) is 8.25. The third-order valence-corrected chi connectivity index (χ3v) is 5.49. The number of hydrogen-bond donors (Lipinski definition) is 2. The Morgan fingerprint density at radius 2 is 1.71 bits per heavy atom. The molecule has 0 bridgehead atoms. The maximum absolute atomic E-state index is 12.2. The molecule has 178 valence electrons. The van der Waals surface area contributed by atoms with Crippen LogP contribution >= 0.6 is 0 Å². The Morgan fingerprint density at radius 1 is 0.886 bits per heavy atom. The lowest BCUT2D eigenvalue weighted by molar-refractivity contribution is 0.252. The van der Waals surface area contributed by atoms with Gasteiger partial charge in [-0.1, -0.05) is 54.1 Å². The highest BCUT2D eigenvalue weighted by Crippen LogP contribution is 2.29. The van der Waals surface area contributed by atoms with E-state index in [0.717, 1.165) is 27.9 Å². The van der Waals surface area contributed by atoms with Gasteiger partial charge in [0.05, 0.1) is 12.8 Å². The molecule has 6 heteroatoms. The van der Waals surface area contributed by atoms with Crippen molar-refractivity contribution in [2.24, 2.45) is 5.10 Å². The number of urea groups is 1. The van der Waals surface area contributed by atoms with Crippen LogP contribution in [0.5, 0.6) is 11.5 Å². The summed E-state index contributed by atoms with van der Waals surface area (Å²) in [6.07, 6.45) is 1.57. The average molecular weight is 468 g/mol. The van der Waals surface area contributed by atoms with Gasteiger partial charge in [-0.25, -0.2) is 10.2 Å². The number of anilines is 1. The van der Waals surface area contributed by atoms with Crippen LogP contribution in [0.25, 0.3) is 10.8 Å². The molecular weight excluding hydrogens is 438 g/mol. The van der Waals surface area contributed by atoms with E-state index in [2.05, 4.69) is 46.2 Å². The lowest BCUT2D eigenvalue weighted by atomic mass is 10.1. The van der Waals surface area contributed by atoms with E-state index in [4.69, 9.17) is 9.47 Å². The van der Waals surface area contributed by atoms with E-state index in [1.807, 2.05) is 69.3 Å². The van der Waals surface area contributed by atoms with Crippen molar-refractivity contribution in [2.45, 2.75) is 27.4 Å². The number of rotatable bonds is 8. The van der Waals surface area contributed by atoms with Crippen molar-refractivity contribution >= 4 is 28.7 Å². The maximum Gasteiger partial charge on any atom is 0.339 e. The van der Waals surface area contributed by atoms with E-state index in [1.54, 1.807) is 6.21 Å². The predicted octanol–water partition coefficient (Wildman–Crippen LogP) is 6.59. The number of ether oxygens (including phenoxy) is 2. The first kappa shape index (κ1) is 23.8. The lowest BCUT2D eigenvalue weighted by Crippen LogP contribution is -2.24. The van der Waals surface area contributed by atoms with E-state index < -0.39 is 6.03 Å². The number of hydrogen-bond acceptors (Lipinski definition) is 4. The number of hydrazone groups is 1. The van der Waals surface area contributed by atoms with E-state index >= 15 is 0 Å². The van der Waals surface area contributed by atoms with Crippen LogP contribution in [-0.4, -0.2) is 18.9 Å². The standard InChI is InChI=1S/C29H29N3O3/c1-4-34-28-17-22(18-30-32-29(33)31-26-13-9-20(2)15-21(26)3)11-14-27(28)35-19-23-10-12-24-7-5-6-8-25(24)16-23/h5-18H,4,19H2,1-3H3,(H2,31,32,33)/b30-18+. The Labute approximate surface area is 205 Å². The van der Waals surface area contributed by atoms with Crippen molar-refractivity contribution in [1.82, 2.24) is 5.43 Å². The van der Waals surface area contributed by atoms with Crippen molar-refractivity contribution in [3.8, 4) is 11.5 Å². The molecule has 4 rings (SSSR count). The molecule has 0 aliphatic carbocycles. The molecule has 0 fully saturated rings. The summed E-state index contributed by atoms with van der Waals surface area (Å²) in [7, 11) is 0. The van der Waals surface area contributed by atoms with E-state index in [1.165, 1.54) is 10.8 Å². The second kappa shape index (κ2) is 11.2. The summed E-state index contributed by atoms with van der Waals surface area (Å²) in [4.78, 5) is 12.2. The van der Waals surface area contributed by atoms with Crippen LogP contribution in [0, 0.1) is 13.8 Å². The van der Waals surface area contributed by atoms with Crippen LogP contribution < -0.4 is 20.2 Å². The molecule has 0 radical (unpaired) electrons. The Bertz CT molecular complexity index is 1360. The summed E-state index contributed by atoms with van der Waals surface area (Å²) in [5, 5.41) is 9.23. The zero-order valence-corrected chi connectivity index (χ0v) is 20.2. The first-order valence-electron chi connectivity index (χ1n) is 11.6. The summed E-state index contributed by atoms with van der Waals surface area (Å²) >= 11 is 0. The SMILES string of the molecule is CCOc1cc(/C=N/NC(=O)Nc2ccc(C)cc2C)ccc1OCc1ccc2ccccc2c1. The molecule has 0 saturated heterocycles. The largest absolute Gasteiger partial charge is 0.490 e. The maximum atomic E-state index is 12.2. The Kier molecular flexibility index (Phi) is 7.63. The molecule has 0 heterocycles. The van der Waals surface area contributed by atoms with Crippen molar-refractivity contribution in [3.05, 3.63) is 101 Å². The third kappa shape index (κ3) is 6.38. The Balaban J connectivity index is 1.38. The van der Waals surface area contributed by atoms with Gasteiger partial charge in [0.1, 0.15) is 6.61 Å². The molecule has 4 aromatic rings.